The molecule has 0 bridgehead atoms. The van der Waals surface area contributed by atoms with Crippen LogP contribution in [0.5, 0.6) is 0 Å². The van der Waals surface area contributed by atoms with Crippen LogP contribution >= 0.6 is 22.9 Å². The largest absolute Gasteiger partial charge is 0.453 e. The fourth-order valence-electron chi connectivity index (χ4n) is 2.36. The Kier molecular flexibility index (Phi) is 6.06. The number of hydrogen-bond acceptors (Lipinski definition) is 5. The predicted molar refractivity (Wildman–Crippen MR) is 80.4 cm³/mol. The maximum atomic E-state index is 11.1. The van der Waals surface area contributed by atoms with E-state index in [2.05, 4.69) is 19.9 Å². The summed E-state index contributed by atoms with van der Waals surface area (Å²) in [5, 5.41) is 6.03. The van der Waals surface area contributed by atoms with E-state index in [-0.39, 0.29) is 12.1 Å². The number of methoxy groups -OCH3 is 1. The van der Waals surface area contributed by atoms with E-state index in [1.165, 1.54) is 7.11 Å². The van der Waals surface area contributed by atoms with Crippen LogP contribution in [-0.4, -0.2) is 48.8 Å². The molecule has 1 atom stereocenters. The van der Waals surface area contributed by atoms with Gasteiger partial charge >= 0.3 is 6.09 Å². The first-order valence-electron chi connectivity index (χ1n) is 6.77. The molecule has 2 rings (SSSR count). The van der Waals surface area contributed by atoms with E-state index < -0.39 is 0 Å². The van der Waals surface area contributed by atoms with Crippen molar-refractivity contribution >= 4 is 29.0 Å². The second-order valence-electron chi connectivity index (χ2n) is 4.89. The molecule has 0 spiro atoms. The van der Waals surface area contributed by atoms with Crippen LogP contribution < -0.4 is 5.32 Å². The molecule has 20 heavy (non-hydrogen) atoms. The third kappa shape index (κ3) is 4.61. The van der Waals surface area contributed by atoms with E-state index in [4.69, 9.17) is 11.6 Å². The van der Waals surface area contributed by atoms with Crippen LogP contribution in [0.1, 0.15) is 23.5 Å². The molecule has 1 unspecified atom stereocenters. The molecule has 5 nitrogen and oxygen atoms in total. The van der Waals surface area contributed by atoms with Gasteiger partial charge in [0.2, 0.25) is 0 Å². The minimum absolute atomic E-state index is 0.213. The second-order valence-corrected chi connectivity index (χ2v) is 6.10. The molecule has 1 aliphatic heterocycles. The summed E-state index contributed by atoms with van der Waals surface area (Å²) in [5.41, 5.74) is 0.968. The topological polar surface area (TPSA) is 54.5 Å². The Morgan fingerprint density at radius 3 is 3.25 bits per heavy atom. The summed E-state index contributed by atoms with van der Waals surface area (Å²) in [6.45, 7) is 2.97. The Balaban J connectivity index is 1.64. The minimum Gasteiger partial charge on any atom is -0.453 e. The van der Waals surface area contributed by atoms with Crippen LogP contribution in [0.3, 0.4) is 0 Å². The lowest BCUT2D eigenvalue weighted by Gasteiger charge is -2.15. The van der Waals surface area contributed by atoms with Gasteiger partial charge in [0.15, 0.2) is 0 Å². The number of aryl methyl sites for hydroxylation is 1. The van der Waals surface area contributed by atoms with Gasteiger partial charge in [-0.25, -0.2) is 9.78 Å². The number of ether oxygens (including phenoxy) is 1. The molecule has 2 heterocycles. The number of aromatic nitrogens is 1. The van der Waals surface area contributed by atoms with Gasteiger partial charge < -0.3 is 15.0 Å². The number of hydrogen-bond donors (Lipinski definition) is 1. The number of carbonyl (C=O) groups is 1. The molecule has 0 saturated carbocycles. The smallest absolute Gasteiger partial charge is 0.407 e. The first-order chi connectivity index (χ1) is 9.71. The van der Waals surface area contributed by atoms with Crippen molar-refractivity contribution in [2.24, 2.45) is 0 Å². The zero-order chi connectivity index (χ0) is 14.4. The Morgan fingerprint density at radius 2 is 2.55 bits per heavy atom. The van der Waals surface area contributed by atoms with Gasteiger partial charge in [-0.15, -0.1) is 22.9 Å². The summed E-state index contributed by atoms with van der Waals surface area (Å²) in [7, 11) is 1.39. The normalized spacial score (nSPS) is 19.2. The number of nitrogens with one attached hydrogen (secondary N) is 1. The third-order valence-electron chi connectivity index (χ3n) is 3.38. The Hall–Kier alpha value is -0.850. The molecule has 1 aromatic heterocycles. The van der Waals surface area contributed by atoms with Crippen LogP contribution in [0.25, 0.3) is 0 Å². The van der Waals surface area contributed by atoms with Gasteiger partial charge in [-0.05, 0) is 19.4 Å². The molecular weight excluding hydrogens is 298 g/mol. The molecule has 0 aliphatic carbocycles. The van der Waals surface area contributed by atoms with Crippen molar-refractivity contribution in [2.75, 3.05) is 26.7 Å². The summed E-state index contributed by atoms with van der Waals surface area (Å²) >= 11 is 7.42. The third-order valence-corrected chi connectivity index (χ3v) is 4.61. The van der Waals surface area contributed by atoms with E-state index in [1.807, 2.05) is 5.38 Å². The van der Waals surface area contributed by atoms with E-state index in [1.54, 1.807) is 11.3 Å². The SMILES string of the molecule is COC(=O)NC1CCN(CCCc2nc(CCl)cs2)C1. The molecule has 112 valence electrons. The number of amides is 1. The molecule has 1 aliphatic rings. The Labute approximate surface area is 128 Å². The van der Waals surface area contributed by atoms with Crippen LogP contribution in [0.2, 0.25) is 0 Å². The lowest BCUT2D eigenvalue weighted by molar-refractivity contribution is 0.166. The van der Waals surface area contributed by atoms with E-state index in [9.17, 15) is 4.79 Å². The van der Waals surface area contributed by atoms with Crippen molar-refractivity contribution < 1.29 is 9.53 Å². The van der Waals surface area contributed by atoms with E-state index in [0.29, 0.717) is 5.88 Å². The van der Waals surface area contributed by atoms with E-state index >= 15 is 0 Å². The van der Waals surface area contributed by atoms with Crippen LogP contribution in [0, 0.1) is 0 Å². The first-order valence-corrected chi connectivity index (χ1v) is 8.18. The van der Waals surface area contributed by atoms with Gasteiger partial charge in [0.25, 0.3) is 0 Å². The average Bonchev–Trinajstić information content (AvgIpc) is 3.08. The molecule has 1 saturated heterocycles. The molecule has 0 radical (unpaired) electrons. The highest BCUT2D eigenvalue weighted by Crippen LogP contribution is 2.15. The quantitative estimate of drug-likeness (QED) is 0.818. The fourth-order valence-corrected chi connectivity index (χ4v) is 3.43. The second kappa shape index (κ2) is 7.81. The first kappa shape index (κ1) is 15.5. The summed E-state index contributed by atoms with van der Waals surface area (Å²) in [5.74, 6) is 0.490. The standard InChI is InChI=1S/C13H20ClN3O2S/c1-19-13(18)16-10-4-6-17(8-10)5-2-3-12-15-11(7-14)9-20-12/h9-10H,2-8H2,1H3,(H,16,18). The molecular formula is C13H20ClN3O2S. The van der Waals surface area contributed by atoms with Crippen molar-refractivity contribution in [1.82, 2.24) is 15.2 Å². The number of likely N-dealkylation sites (tertiary alicyclic amines) is 1. The van der Waals surface area contributed by atoms with Gasteiger partial charge in [-0.2, -0.15) is 0 Å². The van der Waals surface area contributed by atoms with Crippen LogP contribution in [-0.2, 0) is 17.0 Å². The molecule has 1 amide bonds. The van der Waals surface area contributed by atoms with Crippen LogP contribution in [0.15, 0.2) is 5.38 Å². The van der Waals surface area contributed by atoms with Crippen molar-refractivity contribution in [1.29, 1.82) is 0 Å². The molecule has 1 N–H and O–H groups in total. The minimum atomic E-state index is -0.340. The Bertz CT molecular complexity index is 441. The lowest BCUT2D eigenvalue weighted by Crippen LogP contribution is -2.37. The number of carbonyl (C=O) groups excluding carboxylic acids is 1. The highest BCUT2D eigenvalue weighted by atomic mass is 35.5. The number of rotatable bonds is 6. The summed E-state index contributed by atoms with van der Waals surface area (Å²) < 4.78 is 4.61. The number of alkyl halides is 1. The number of alkyl carbamates (subject to hydrolysis) is 1. The monoisotopic (exact) mass is 317 g/mol. The van der Waals surface area contributed by atoms with Gasteiger partial charge in [-0.3, -0.25) is 0 Å². The zero-order valence-corrected chi connectivity index (χ0v) is 13.2. The van der Waals surface area contributed by atoms with E-state index in [0.717, 1.165) is 49.6 Å². The summed E-state index contributed by atoms with van der Waals surface area (Å²) in [6, 6.07) is 0.213. The van der Waals surface area contributed by atoms with Gasteiger partial charge in [0.05, 0.1) is 23.7 Å². The fraction of sp³-hybridized carbons (Fsp3) is 0.692. The Morgan fingerprint density at radius 1 is 1.70 bits per heavy atom. The zero-order valence-electron chi connectivity index (χ0n) is 11.6. The van der Waals surface area contributed by atoms with Gasteiger partial charge in [0, 0.05) is 30.9 Å². The highest BCUT2D eigenvalue weighted by Gasteiger charge is 2.23. The van der Waals surface area contributed by atoms with Crippen molar-refractivity contribution in [3.8, 4) is 0 Å². The number of thiazole rings is 1. The van der Waals surface area contributed by atoms with Crippen molar-refractivity contribution in [3.05, 3.63) is 16.1 Å². The van der Waals surface area contributed by atoms with Crippen molar-refractivity contribution in [2.45, 2.75) is 31.2 Å². The lowest BCUT2D eigenvalue weighted by atomic mass is 10.3. The maximum Gasteiger partial charge on any atom is 0.407 e. The summed E-state index contributed by atoms with van der Waals surface area (Å²) in [6.07, 6.45) is 2.73. The maximum absolute atomic E-state index is 11.1. The predicted octanol–water partition coefficient (Wildman–Crippen LogP) is 2.24. The molecule has 1 fully saturated rings. The van der Waals surface area contributed by atoms with Crippen molar-refractivity contribution in [3.63, 3.8) is 0 Å². The average molecular weight is 318 g/mol. The number of halogens is 1. The molecule has 7 heteroatoms. The molecule has 1 aromatic rings. The number of nitrogens with zero attached hydrogens (tertiary/aromatic N) is 2. The molecule has 0 aromatic carbocycles. The summed E-state index contributed by atoms with van der Waals surface area (Å²) in [4.78, 5) is 18.0. The van der Waals surface area contributed by atoms with Gasteiger partial charge in [-0.1, -0.05) is 0 Å². The van der Waals surface area contributed by atoms with Crippen LogP contribution in [0.4, 0.5) is 4.79 Å². The van der Waals surface area contributed by atoms with Gasteiger partial charge in [0.1, 0.15) is 0 Å². The highest BCUT2D eigenvalue weighted by molar-refractivity contribution is 7.09.